The van der Waals surface area contributed by atoms with Gasteiger partial charge in [0.15, 0.2) is 0 Å². The number of ether oxygens (including phenoxy) is 1. The van der Waals surface area contributed by atoms with Gasteiger partial charge in [0.05, 0.1) is 15.5 Å². The van der Waals surface area contributed by atoms with Gasteiger partial charge in [0, 0.05) is 13.1 Å². The number of rotatable bonds is 6. The summed E-state index contributed by atoms with van der Waals surface area (Å²) in [6, 6.07) is 13.3. The Morgan fingerprint density at radius 1 is 1.15 bits per heavy atom. The Balaban J connectivity index is 1.54. The minimum Gasteiger partial charge on any atom is -0.489 e. The van der Waals surface area contributed by atoms with Crippen LogP contribution in [0.4, 0.5) is 0 Å². The number of aliphatic carboxylic acids is 1. The number of nitrogens with zero attached hydrogens (tertiary/aromatic N) is 1. The highest BCUT2D eigenvalue weighted by Gasteiger charge is 2.40. The first-order valence-corrected chi connectivity index (χ1v) is 9.23. The average Bonchev–Trinajstić information content (AvgIpc) is 3.00. The van der Waals surface area contributed by atoms with Gasteiger partial charge >= 0.3 is 5.97 Å². The van der Waals surface area contributed by atoms with Gasteiger partial charge in [-0.05, 0) is 55.3 Å². The lowest BCUT2D eigenvalue weighted by Gasteiger charge is -2.20. The fraction of sp³-hybridized carbons (Fsp3) is 0.350. The fourth-order valence-electron chi connectivity index (χ4n) is 3.11. The Morgan fingerprint density at radius 2 is 1.85 bits per heavy atom. The van der Waals surface area contributed by atoms with E-state index in [-0.39, 0.29) is 0 Å². The van der Waals surface area contributed by atoms with Gasteiger partial charge in [0.2, 0.25) is 0 Å². The van der Waals surface area contributed by atoms with Gasteiger partial charge in [-0.15, -0.1) is 0 Å². The second-order valence-electron chi connectivity index (χ2n) is 7.01. The number of carboxylic acid groups (broad SMARTS) is 1. The van der Waals surface area contributed by atoms with Crippen LogP contribution in [0.3, 0.4) is 0 Å². The summed E-state index contributed by atoms with van der Waals surface area (Å²) in [6.45, 7) is 4.36. The highest BCUT2D eigenvalue weighted by molar-refractivity contribution is 6.42. The third-order valence-corrected chi connectivity index (χ3v) is 5.53. The quantitative estimate of drug-likeness (QED) is 0.760. The molecule has 1 fully saturated rings. The third kappa shape index (κ3) is 4.50. The molecule has 0 spiro atoms. The zero-order chi connectivity index (χ0) is 18.7. The molecular weight excluding hydrogens is 373 g/mol. The largest absolute Gasteiger partial charge is 0.489 e. The first-order chi connectivity index (χ1) is 12.4. The van der Waals surface area contributed by atoms with Crippen LogP contribution in [0.1, 0.15) is 24.5 Å². The molecule has 0 saturated carbocycles. The number of halogens is 2. The van der Waals surface area contributed by atoms with Gasteiger partial charge < -0.3 is 9.84 Å². The maximum absolute atomic E-state index is 11.3. The van der Waals surface area contributed by atoms with E-state index in [0.29, 0.717) is 29.6 Å². The van der Waals surface area contributed by atoms with E-state index in [9.17, 15) is 9.90 Å². The summed E-state index contributed by atoms with van der Waals surface area (Å²) in [5.41, 5.74) is 1.46. The number of benzene rings is 2. The van der Waals surface area contributed by atoms with Crippen molar-refractivity contribution >= 4 is 29.2 Å². The summed E-state index contributed by atoms with van der Waals surface area (Å²) in [7, 11) is 0. The second kappa shape index (κ2) is 7.87. The zero-order valence-electron chi connectivity index (χ0n) is 14.5. The maximum Gasteiger partial charge on any atom is 0.310 e. The molecule has 1 aliphatic heterocycles. The van der Waals surface area contributed by atoms with Crippen molar-refractivity contribution in [2.45, 2.75) is 26.5 Å². The first-order valence-electron chi connectivity index (χ1n) is 8.47. The van der Waals surface area contributed by atoms with Crippen LogP contribution in [-0.2, 0) is 17.9 Å². The minimum absolute atomic E-state index is 0.416. The van der Waals surface area contributed by atoms with Gasteiger partial charge in [-0.1, -0.05) is 41.4 Å². The Kier molecular flexibility index (Phi) is 5.76. The lowest BCUT2D eigenvalue weighted by molar-refractivity contribution is -0.147. The maximum atomic E-state index is 11.3. The van der Waals surface area contributed by atoms with Crippen molar-refractivity contribution < 1.29 is 14.6 Å². The average molecular weight is 394 g/mol. The Bertz CT molecular complexity index is 794. The number of carboxylic acids is 1. The van der Waals surface area contributed by atoms with E-state index in [1.165, 1.54) is 0 Å². The van der Waals surface area contributed by atoms with Crippen LogP contribution in [0.25, 0.3) is 0 Å². The van der Waals surface area contributed by atoms with E-state index < -0.39 is 11.4 Å². The number of carbonyl (C=O) groups is 1. The summed E-state index contributed by atoms with van der Waals surface area (Å²) < 4.78 is 5.78. The minimum atomic E-state index is -0.717. The number of hydrogen-bond donors (Lipinski definition) is 1. The van der Waals surface area contributed by atoms with Crippen LogP contribution in [-0.4, -0.2) is 29.1 Å². The van der Waals surface area contributed by atoms with Crippen LogP contribution < -0.4 is 4.74 Å². The standard InChI is InChI=1S/C20H21Cl2NO3/c1-20(19(24)25)8-9-23(13-20)11-14-2-5-16(6-3-14)26-12-15-4-7-17(21)18(22)10-15/h2-7,10H,8-9,11-13H2,1H3,(H,24,25). The summed E-state index contributed by atoms with van der Waals surface area (Å²) >= 11 is 11.9. The molecule has 1 saturated heterocycles. The SMILES string of the molecule is CC1(C(=O)O)CCN(Cc2ccc(OCc3ccc(Cl)c(Cl)c3)cc2)C1. The highest BCUT2D eigenvalue weighted by atomic mass is 35.5. The first kappa shape index (κ1) is 19.0. The molecule has 6 heteroatoms. The van der Waals surface area contributed by atoms with Crippen LogP contribution in [0.2, 0.25) is 10.0 Å². The van der Waals surface area contributed by atoms with E-state index in [0.717, 1.165) is 30.0 Å². The molecule has 0 aromatic heterocycles. The van der Waals surface area contributed by atoms with Crippen molar-refractivity contribution in [2.24, 2.45) is 5.41 Å². The molecule has 2 aromatic carbocycles. The molecule has 138 valence electrons. The van der Waals surface area contributed by atoms with Crippen molar-refractivity contribution in [3.63, 3.8) is 0 Å². The van der Waals surface area contributed by atoms with Crippen molar-refractivity contribution in [3.05, 3.63) is 63.6 Å². The normalized spacial score (nSPS) is 20.3. The van der Waals surface area contributed by atoms with Crippen molar-refractivity contribution in [2.75, 3.05) is 13.1 Å². The van der Waals surface area contributed by atoms with E-state index in [1.807, 2.05) is 37.3 Å². The van der Waals surface area contributed by atoms with Gasteiger partial charge in [0.25, 0.3) is 0 Å². The van der Waals surface area contributed by atoms with Gasteiger partial charge in [-0.2, -0.15) is 0 Å². The topological polar surface area (TPSA) is 49.8 Å². The number of hydrogen-bond acceptors (Lipinski definition) is 3. The molecule has 2 aromatic rings. The Labute approximate surface area is 163 Å². The van der Waals surface area contributed by atoms with Crippen LogP contribution in [0, 0.1) is 5.41 Å². The van der Waals surface area contributed by atoms with Crippen molar-refractivity contribution in [3.8, 4) is 5.75 Å². The summed E-state index contributed by atoms with van der Waals surface area (Å²) in [5, 5.41) is 10.4. The zero-order valence-corrected chi connectivity index (χ0v) is 16.1. The third-order valence-electron chi connectivity index (χ3n) is 4.79. The molecule has 4 nitrogen and oxygen atoms in total. The molecular formula is C20H21Cl2NO3. The molecule has 0 amide bonds. The summed E-state index contributed by atoms with van der Waals surface area (Å²) in [5.74, 6) is 0.0580. The lowest BCUT2D eigenvalue weighted by atomic mass is 9.90. The highest BCUT2D eigenvalue weighted by Crippen LogP contribution is 2.31. The molecule has 1 heterocycles. The molecule has 1 aliphatic rings. The fourth-order valence-corrected chi connectivity index (χ4v) is 3.43. The van der Waals surface area contributed by atoms with Crippen LogP contribution in [0.5, 0.6) is 5.75 Å². The van der Waals surface area contributed by atoms with E-state index in [2.05, 4.69) is 4.90 Å². The van der Waals surface area contributed by atoms with Gasteiger partial charge in [-0.25, -0.2) is 0 Å². The van der Waals surface area contributed by atoms with Gasteiger partial charge in [-0.3, -0.25) is 9.69 Å². The van der Waals surface area contributed by atoms with E-state index in [1.54, 1.807) is 12.1 Å². The molecule has 1 unspecified atom stereocenters. The predicted octanol–water partition coefficient (Wildman–Crippen LogP) is 4.87. The molecule has 26 heavy (non-hydrogen) atoms. The molecule has 0 radical (unpaired) electrons. The van der Waals surface area contributed by atoms with E-state index in [4.69, 9.17) is 27.9 Å². The molecule has 0 aliphatic carbocycles. The summed E-state index contributed by atoms with van der Waals surface area (Å²) in [6.07, 6.45) is 0.688. The van der Waals surface area contributed by atoms with Crippen LogP contribution >= 0.6 is 23.2 Å². The summed E-state index contributed by atoms with van der Waals surface area (Å²) in [4.78, 5) is 13.5. The number of likely N-dealkylation sites (tertiary alicyclic amines) is 1. The Hall–Kier alpha value is -1.75. The van der Waals surface area contributed by atoms with Crippen LogP contribution in [0.15, 0.2) is 42.5 Å². The molecule has 0 bridgehead atoms. The van der Waals surface area contributed by atoms with E-state index >= 15 is 0 Å². The predicted molar refractivity (Wildman–Crippen MR) is 103 cm³/mol. The van der Waals surface area contributed by atoms with Crippen molar-refractivity contribution in [1.29, 1.82) is 0 Å². The molecule has 1 atom stereocenters. The van der Waals surface area contributed by atoms with Crippen molar-refractivity contribution in [1.82, 2.24) is 4.90 Å². The smallest absolute Gasteiger partial charge is 0.310 e. The second-order valence-corrected chi connectivity index (χ2v) is 7.82. The Morgan fingerprint density at radius 3 is 2.46 bits per heavy atom. The monoisotopic (exact) mass is 393 g/mol. The van der Waals surface area contributed by atoms with Gasteiger partial charge in [0.1, 0.15) is 12.4 Å². The molecule has 1 N–H and O–H groups in total. The molecule has 3 rings (SSSR count). The lowest BCUT2D eigenvalue weighted by Crippen LogP contribution is -2.31.